The van der Waals surface area contributed by atoms with Crippen LogP contribution in [0.3, 0.4) is 0 Å². The minimum Gasteiger partial charge on any atom is -0.355 e. The third-order valence-corrected chi connectivity index (χ3v) is 3.35. The molecule has 0 bridgehead atoms. The highest BCUT2D eigenvalue weighted by Crippen LogP contribution is 2.30. The van der Waals surface area contributed by atoms with Gasteiger partial charge in [0, 0.05) is 13.1 Å². The molecule has 1 aliphatic carbocycles. The molecule has 0 N–H and O–H groups in total. The number of rotatable bonds is 2. The summed E-state index contributed by atoms with van der Waals surface area (Å²) >= 11 is 11.8. The Morgan fingerprint density at radius 1 is 1.33 bits per heavy atom. The van der Waals surface area contributed by atoms with Crippen LogP contribution in [0.1, 0.15) is 25.7 Å². The van der Waals surface area contributed by atoms with E-state index >= 15 is 0 Å². The zero-order valence-corrected chi connectivity index (χ0v) is 10.1. The van der Waals surface area contributed by atoms with E-state index in [0.29, 0.717) is 11.1 Å². The molecule has 0 aliphatic heterocycles. The highest BCUT2D eigenvalue weighted by atomic mass is 35.5. The maximum atomic E-state index is 6.04. The lowest BCUT2D eigenvalue weighted by Crippen LogP contribution is -2.29. The van der Waals surface area contributed by atoms with Crippen molar-refractivity contribution in [3.63, 3.8) is 0 Å². The lowest BCUT2D eigenvalue weighted by atomic mass is 10.2. The topological polar surface area (TPSA) is 29.0 Å². The summed E-state index contributed by atoms with van der Waals surface area (Å²) in [6.07, 6.45) is 6.53. The highest BCUT2D eigenvalue weighted by Gasteiger charge is 2.22. The Balaban J connectivity index is 2.23. The van der Waals surface area contributed by atoms with Crippen LogP contribution in [0.5, 0.6) is 0 Å². The second kappa shape index (κ2) is 4.54. The summed E-state index contributed by atoms with van der Waals surface area (Å²) < 4.78 is 0. The van der Waals surface area contributed by atoms with Gasteiger partial charge in [-0.3, -0.25) is 0 Å². The Kier molecular flexibility index (Phi) is 3.32. The third kappa shape index (κ3) is 2.34. The fourth-order valence-corrected chi connectivity index (χ4v) is 2.40. The van der Waals surface area contributed by atoms with Gasteiger partial charge in [0.2, 0.25) is 5.28 Å². The van der Waals surface area contributed by atoms with Crippen LogP contribution in [0.2, 0.25) is 10.3 Å². The molecule has 82 valence electrons. The second-order valence-electron chi connectivity index (χ2n) is 3.86. The molecule has 0 unspecified atom stereocenters. The molecule has 15 heavy (non-hydrogen) atoms. The van der Waals surface area contributed by atoms with Crippen LogP contribution >= 0.6 is 23.2 Å². The Labute approximate surface area is 99.4 Å². The first-order chi connectivity index (χ1) is 7.18. The predicted octanol–water partition coefficient (Wildman–Crippen LogP) is 3.16. The molecule has 1 heterocycles. The molecule has 3 nitrogen and oxygen atoms in total. The molecule has 0 radical (unpaired) electrons. The van der Waals surface area contributed by atoms with E-state index in [1.54, 1.807) is 6.20 Å². The van der Waals surface area contributed by atoms with Gasteiger partial charge in [-0.2, -0.15) is 4.98 Å². The molecule has 1 saturated carbocycles. The molecule has 0 amide bonds. The SMILES string of the molecule is CN(c1nc(Cl)ncc1Cl)C1CCCC1. The van der Waals surface area contributed by atoms with E-state index in [1.807, 2.05) is 7.05 Å². The fraction of sp³-hybridized carbons (Fsp3) is 0.600. The summed E-state index contributed by atoms with van der Waals surface area (Å²) in [5.41, 5.74) is 0. The van der Waals surface area contributed by atoms with Crippen LogP contribution < -0.4 is 4.90 Å². The van der Waals surface area contributed by atoms with E-state index in [2.05, 4.69) is 14.9 Å². The minimum absolute atomic E-state index is 0.249. The summed E-state index contributed by atoms with van der Waals surface area (Å²) in [6.45, 7) is 0. The van der Waals surface area contributed by atoms with Gasteiger partial charge in [-0.15, -0.1) is 0 Å². The predicted molar refractivity (Wildman–Crippen MR) is 62.7 cm³/mol. The van der Waals surface area contributed by atoms with Crippen molar-refractivity contribution in [3.05, 3.63) is 16.5 Å². The molecule has 1 fully saturated rings. The molecule has 1 aromatic heterocycles. The molecule has 0 spiro atoms. The van der Waals surface area contributed by atoms with Gasteiger partial charge in [0.15, 0.2) is 5.82 Å². The number of anilines is 1. The molecule has 1 aliphatic rings. The quantitative estimate of drug-likeness (QED) is 0.750. The van der Waals surface area contributed by atoms with Crippen LogP contribution in [0, 0.1) is 0 Å². The largest absolute Gasteiger partial charge is 0.355 e. The molecule has 0 saturated heterocycles. The van der Waals surface area contributed by atoms with Crippen LogP contribution in [0.15, 0.2) is 6.20 Å². The first kappa shape index (κ1) is 11.0. The van der Waals surface area contributed by atoms with Crippen molar-refractivity contribution in [3.8, 4) is 0 Å². The zero-order valence-electron chi connectivity index (χ0n) is 8.58. The average molecular weight is 246 g/mol. The number of aromatic nitrogens is 2. The lowest BCUT2D eigenvalue weighted by molar-refractivity contribution is 0.646. The Morgan fingerprint density at radius 2 is 2.00 bits per heavy atom. The number of hydrogen-bond donors (Lipinski definition) is 0. The number of hydrogen-bond acceptors (Lipinski definition) is 3. The van der Waals surface area contributed by atoms with Gasteiger partial charge < -0.3 is 4.90 Å². The van der Waals surface area contributed by atoms with Crippen molar-refractivity contribution >= 4 is 29.0 Å². The fourth-order valence-electron chi connectivity index (χ4n) is 2.05. The van der Waals surface area contributed by atoms with Crippen molar-refractivity contribution in [2.24, 2.45) is 0 Å². The van der Waals surface area contributed by atoms with Gasteiger partial charge in [0.1, 0.15) is 5.02 Å². The van der Waals surface area contributed by atoms with Crippen molar-refractivity contribution in [1.29, 1.82) is 0 Å². The average Bonchev–Trinajstić information content (AvgIpc) is 2.74. The zero-order chi connectivity index (χ0) is 10.8. The normalized spacial score (nSPS) is 17.0. The molecule has 5 heteroatoms. The van der Waals surface area contributed by atoms with Crippen molar-refractivity contribution < 1.29 is 0 Å². The van der Waals surface area contributed by atoms with E-state index in [-0.39, 0.29) is 5.28 Å². The monoisotopic (exact) mass is 245 g/mol. The highest BCUT2D eigenvalue weighted by molar-refractivity contribution is 6.33. The third-order valence-electron chi connectivity index (χ3n) is 2.90. The van der Waals surface area contributed by atoms with Crippen molar-refractivity contribution in [2.75, 3.05) is 11.9 Å². The summed E-state index contributed by atoms with van der Waals surface area (Å²) in [7, 11) is 2.01. The minimum atomic E-state index is 0.249. The summed E-state index contributed by atoms with van der Waals surface area (Å²) in [6, 6.07) is 0.536. The van der Waals surface area contributed by atoms with E-state index < -0.39 is 0 Å². The molecule has 0 aromatic carbocycles. The van der Waals surface area contributed by atoms with Gasteiger partial charge in [0.05, 0.1) is 6.20 Å². The maximum Gasteiger partial charge on any atom is 0.224 e. The Morgan fingerprint density at radius 3 is 2.67 bits per heavy atom. The second-order valence-corrected chi connectivity index (χ2v) is 4.61. The smallest absolute Gasteiger partial charge is 0.224 e. The van der Waals surface area contributed by atoms with Crippen molar-refractivity contribution in [2.45, 2.75) is 31.7 Å². The summed E-state index contributed by atoms with van der Waals surface area (Å²) in [5.74, 6) is 0.739. The summed E-state index contributed by atoms with van der Waals surface area (Å²) in [5, 5.41) is 0.813. The Hall–Kier alpha value is -0.540. The first-order valence-electron chi connectivity index (χ1n) is 5.09. The number of nitrogens with zero attached hydrogens (tertiary/aromatic N) is 3. The van der Waals surface area contributed by atoms with Crippen LogP contribution in [-0.2, 0) is 0 Å². The lowest BCUT2D eigenvalue weighted by Gasteiger charge is -2.25. The van der Waals surface area contributed by atoms with Gasteiger partial charge in [-0.25, -0.2) is 4.98 Å². The standard InChI is InChI=1S/C10H13Cl2N3/c1-15(7-4-2-3-5-7)9-8(11)6-13-10(12)14-9/h6-7H,2-5H2,1H3. The molecular formula is C10H13Cl2N3. The van der Waals surface area contributed by atoms with Gasteiger partial charge >= 0.3 is 0 Å². The van der Waals surface area contributed by atoms with Crippen LogP contribution in [0.4, 0.5) is 5.82 Å². The van der Waals surface area contributed by atoms with Gasteiger partial charge in [0.25, 0.3) is 0 Å². The number of halogens is 2. The molecule has 2 rings (SSSR count). The van der Waals surface area contributed by atoms with Gasteiger partial charge in [-0.1, -0.05) is 24.4 Å². The maximum absolute atomic E-state index is 6.04. The van der Waals surface area contributed by atoms with Crippen LogP contribution in [-0.4, -0.2) is 23.1 Å². The van der Waals surface area contributed by atoms with Gasteiger partial charge in [-0.05, 0) is 24.4 Å². The van der Waals surface area contributed by atoms with E-state index in [4.69, 9.17) is 23.2 Å². The first-order valence-corrected chi connectivity index (χ1v) is 5.85. The van der Waals surface area contributed by atoms with Crippen molar-refractivity contribution in [1.82, 2.24) is 9.97 Å². The van der Waals surface area contributed by atoms with E-state index in [1.165, 1.54) is 25.7 Å². The molecular weight excluding hydrogens is 233 g/mol. The summed E-state index contributed by atoms with van der Waals surface area (Å²) in [4.78, 5) is 10.1. The van der Waals surface area contributed by atoms with E-state index in [0.717, 1.165) is 5.82 Å². The molecule has 0 atom stereocenters. The molecule has 1 aromatic rings. The Bertz CT molecular complexity index is 351. The van der Waals surface area contributed by atoms with E-state index in [9.17, 15) is 0 Å². The van der Waals surface area contributed by atoms with Crippen LogP contribution in [0.25, 0.3) is 0 Å².